The van der Waals surface area contributed by atoms with Crippen molar-refractivity contribution in [3.8, 4) is 0 Å². The van der Waals surface area contributed by atoms with Crippen LogP contribution in [0.3, 0.4) is 0 Å². The Balaban J connectivity index is 1.67. The number of benzene rings is 1. The molecule has 1 saturated carbocycles. The maximum Gasteiger partial charge on any atom is 0.338 e. The van der Waals surface area contributed by atoms with E-state index in [2.05, 4.69) is 6.08 Å². The summed E-state index contributed by atoms with van der Waals surface area (Å²) in [5.74, 6) is -0.728. The van der Waals surface area contributed by atoms with Gasteiger partial charge in [-0.3, -0.25) is 4.79 Å². The number of allylic oxidation sites excluding steroid dienone is 2. The molecular formula is C23H28O5. The van der Waals surface area contributed by atoms with Crippen molar-refractivity contribution in [2.75, 3.05) is 0 Å². The Morgan fingerprint density at radius 1 is 1.32 bits per heavy atom. The van der Waals surface area contributed by atoms with Crippen LogP contribution in [0.2, 0.25) is 0 Å². The van der Waals surface area contributed by atoms with Gasteiger partial charge in [0, 0.05) is 18.3 Å². The molecule has 1 aliphatic carbocycles. The first-order chi connectivity index (χ1) is 13.4. The number of fused-ring (bicyclic) bond motifs is 1. The van der Waals surface area contributed by atoms with Crippen molar-refractivity contribution in [3.63, 3.8) is 0 Å². The van der Waals surface area contributed by atoms with Crippen LogP contribution in [-0.2, 0) is 14.3 Å². The highest BCUT2D eigenvalue weighted by atomic mass is 16.6. The van der Waals surface area contributed by atoms with Crippen LogP contribution in [0.4, 0.5) is 0 Å². The SMILES string of the molecule is CC(C)=CCC[C@H](O)C=C[C@H]1C(OC(=O)c2ccccc2)C[C@@H]2OC(=O)C[C@@H]21. The first-order valence-corrected chi connectivity index (χ1v) is 9.89. The van der Waals surface area contributed by atoms with E-state index in [9.17, 15) is 14.7 Å². The Bertz CT molecular complexity index is 748. The van der Waals surface area contributed by atoms with Gasteiger partial charge >= 0.3 is 11.9 Å². The fraction of sp³-hybridized carbons (Fsp3) is 0.478. The molecule has 1 N–H and O–H groups in total. The molecule has 5 nitrogen and oxygen atoms in total. The molecular weight excluding hydrogens is 356 g/mol. The molecule has 3 rings (SSSR count). The molecule has 150 valence electrons. The molecule has 1 heterocycles. The molecule has 28 heavy (non-hydrogen) atoms. The second-order valence-corrected chi connectivity index (χ2v) is 7.83. The van der Waals surface area contributed by atoms with Crippen molar-refractivity contribution in [1.82, 2.24) is 0 Å². The first-order valence-electron chi connectivity index (χ1n) is 9.89. The molecule has 0 bridgehead atoms. The Hall–Kier alpha value is -2.40. The van der Waals surface area contributed by atoms with E-state index in [-0.39, 0.29) is 36.0 Å². The van der Waals surface area contributed by atoms with Gasteiger partial charge in [-0.15, -0.1) is 0 Å². The largest absolute Gasteiger partial charge is 0.462 e. The van der Waals surface area contributed by atoms with Gasteiger partial charge in [0.2, 0.25) is 0 Å². The topological polar surface area (TPSA) is 72.8 Å². The molecule has 0 aromatic heterocycles. The van der Waals surface area contributed by atoms with Gasteiger partial charge in [0.15, 0.2) is 0 Å². The summed E-state index contributed by atoms with van der Waals surface area (Å²) in [5, 5.41) is 10.2. The number of hydrogen-bond acceptors (Lipinski definition) is 5. The number of aliphatic hydroxyl groups is 1. The lowest BCUT2D eigenvalue weighted by atomic mass is 9.91. The molecule has 1 aromatic rings. The standard InChI is InChI=1S/C23H28O5/c1-15(2)7-6-10-17(24)11-12-18-19-13-22(25)27-21(19)14-20(18)28-23(26)16-8-4-3-5-9-16/h3-5,7-9,11-12,17-21,24H,6,10,13-14H2,1-2H3/t17-,18+,19+,20?,21-/m0/s1. The second kappa shape index (κ2) is 9.20. The number of rotatable bonds is 7. The summed E-state index contributed by atoms with van der Waals surface area (Å²) in [7, 11) is 0. The molecule has 1 saturated heterocycles. The molecule has 0 amide bonds. The predicted molar refractivity (Wildman–Crippen MR) is 106 cm³/mol. The highest BCUT2D eigenvalue weighted by Crippen LogP contribution is 2.43. The van der Waals surface area contributed by atoms with Gasteiger partial charge < -0.3 is 14.6 Å². The maximum atomic E-state index is 12.5. The van der Waals surface area contributed by atoms with Gasteiger partial charge in [-0.1, -0.05) is 42.0 Å². The lowest BCUT2D eigenvalue weighted by Gasteiger charge is -2.20. The first kappa shape index (κ1) is 20.3. The molecule has 1 aliphatic heterocycles. The van der Waals surface area contributed by atoms with E-state index >= 15 is 0 Å². The zero-order chi connectivity index (χ0) is 20.1. The monoisotopic (exact) mass is 384 g/mol. The summed E-state index contributed by atoms with van der Waals surface area (Å²) in [6, 6.07) is 8.87. The molecule has 5 heteroatoms. The Labute approximate surface area is 166 Å². The van der Waals surface area contributed by atoms with Crippen LogP contribution in [0, 0.1) is 11.8 Å². The summed E-state index contributed by atoms with van der Waals surface area (Å²) >= 11 is 0. The van der Waals surface area contributed by atoms with Crippen molar-refractivity contribution >= 4 is 11.9 Å². The van der Waals surface area contributed by atoms with E-state index in [1.165, 1.54) is 5.57 Å². The summed E-state index contributed by atoms with van der Waals surface area (Å²) in [6.45, 7) is 4.06. The fourth-order valence-corrected chi connectivity index (χ4v) is 3.97. The predicted octanol–water partition coefficient (Wildman–Crippen LogP) is 3.83. The van der Waals surface area contributed by atoms with Crippen LogP contribution in [0.1, 0.15) is 49.9 Å². The van der Waals surface area contributed by atoms with Gasteiger partial charge in [0.1, 0.15) is 12.2 Å². The van der Waals surface area contributed by atoms with Crippen LogP contribution >= 0.6 is 0 Å². The maximum absolute atomic E-state index is 12.5. The average Bonchev–Trinajstić information content (AvgIpc) is 3.16. The van der Waals surface area contributed by atoms with Crippen molar-refractivity contribution in [2.24, 2.45) is 11.8 Å². The lowest BCUT2D eigenvalue weighted by Crippen LogP contribution is -2.25. The normalized spacial score (nSPS) is 27.3. The summed E-state index contributed by atoms with van der Waals surface area (Å²) < 4.78 is 11.2. The number of ether oxygens (including phenoxy) is 2. The number of esters is 2. The van der Waals surface area contributed by atoms with Crippen LogP contribution in [0.15, 0.2) is 54.1 Å². The lowest BCUT2D eigenvalue weighted by molar-refractivity contribution is -0.141. The Morgan fingerprint density at radius 2 is 2.07 bits per heavy atom. The fourth-order valence-electron chi connectivity index (χ4n) is 3.97. The van der Waals surface area contributed by atoms with E-state index in [0.717, 1.165) is 6.42 Å². The van der Waals surface area contributed by atoms with Crippen molar-refractivity contribution in [1.29, 1.82) is 0 Å². The van der Waals surface area contributed by atoms with Gasteiger partial charge in [0.05, 0.1) is 18.1 Å². The number of hydrogen-bond donors (Lipinski definition) is 1. The minimum atomic E-state index is -0.571. The van der Waals surface area contributed by atoms with E-state index in [1.54, 1.807) is 30.3 Å². The molecule has 2 aliphatic rings. The third-order valence-corrected chi connectivity index (χ3v) is 5.39. The van der Waals surface area contributed by atoms with Crippen molar-refractivity contribution in [2.45, 2.75) is 57.8 Å². The van der Waals surface area contributed by atoms with Crippen molar-refractivity contribution < 1.29 is 24.2 Å². The zero-order valence-electron chi connectivity index (χ0n) is 16.4. The third-order valence-electron chi connectivity index (χ3n) is 5.39. The van der Waals surface area contributed by atoms with Crippen LogP contribution < -0.4 is 0 Å². The van der Waals surface area contributed by atoms with Gasteiger partial charge in [0.25, 0.3) is 0 Å². The molecule has 1 aromatic carbocycles. The van der Waals surface area contributed by atoms with E-state index in [4.69, 9.17) is 9.47 Å². The van der Waals surface area contributed by atoms with E-state index in [1.807, 2.05) is 26.0 Å². The third kappa shape index (κ3) is 5.10. The van der Waals surface area contributed by atoms with Crippen LogP contribution in [-0.4, -0.2) is 35.4 Å². The Kier molecular flexibility index (Phi) is 6.68. The highest BCUT2D eigenvalue weighted by Gasteiger charge is 2.50. The van der Waals surface area contributed by atoms with Gasteiger partial charge in [-0.25, -0.2) is 4.79 Å². The second-order valence-electron chi connectivity index (χ2n) is 7.83. The average molecular weight is 384 g/mol. The van der Waals surface area contributed by atoms with E-state index < -0.39 is 6.10 Å². The minimum absolute atomic E-state index is 0.0118. The van der Waals surface area contributed by atoms with Crippen LogP contribution in [0.5, 0.6) is 0 Å². The molecule has 5 atom stereocenters. The van der Waals surface area contributed by atoms with E-state index in [0.29, 0.717) is 24.8 Å². The van der Waals surface area contributed by atoms with Gasteiger partial charge in [-0.2, -0.15) is 0 Å². The molecule has 0 radical (unpaired) electrons. The zero-order valence-corrected chi connectivity index (χ0v) is 16.4. The molecule has 0 spiro atoms. The smallest absolute Gasteiger partial charge is 0.338 e. The van der Waals surface area contributed by atoms with Gasteiger partial charge in [-0.05, 0) is 38.8 Å². The van der Waals surface area contributed by atoms with Crippen LogP contribution in [0.25, 0.3) is 0 Å². The Morgan fingerprint density at radius 3 is 2.79 bits per heavy atom. The summed E-state index contributed by atoms with van der Waals surface area (Å²) in [4.78, 5) is 24.1. The summed E-state index contributed by atoms with van der Waals surface area (Å²) in [5.41, 5.74) is 1.73. The highest BCUT2D eigenvalue weighted by molar-refractivity contribution is 5.89. The number of carbonyl (C=O) groups is 2. The number of aliphatic hydroxyl groups excluding tert-OH is 1. The summed E-state index contributed by atoms with van der Waals surface area (Å²) in [6.07, 6.45) is 6.86. The quantitative estimate of drug-likeness (QED) is 0.571. The minimum Gasteiger partial charge on any atom is -0.462 e. The van der Waals surface area contributed by atoms with Crippen molar-refractivity contribution in [3.05, 3.63) is 59.7 Å². The molecule has 2 fully saturated rings. The molecule has 1 unspecified atom stereocenters. The number of carbonyl (C=O) groups excluding carboxylic acids is 2.